The smallest absolute Gasteiger partial charge is 0.244 e. The van der Waals surface area contributed by atoms with Crippen LogP contribution in [0.15, 0.2) is 18.5 Å². The van der Waals surface area contributed by atoms with Crippen LogP contribution in [0, 0.1) is 11.8 Å². The zero-order valence-corrected chi connectivity index (χ0v) is 13.2. The lowest BCUT2D eigenvalue weighted by atomic mass is 9.87. The van der Waals surface area contributed by atoms with E-state index >= 15 is 0 Å². The summed E-state index contributed by atoms with van der Waals surface area (Å²) in [5.41, 5.74) is 1.34. The minimum Gasteiger partial charge on any atom is -0.321 e. The normalized spacial score (nSPS) is 18.3. The second kappa shape index (κ2) is 7.06. The molecule has 2 aliphatic rings. The summed E-state index contributed by atoms with van der Waals surface area (Å²) in [5.74, 6) is 0.123. The third-order valence-corrected chi connectivity index (χ3v) is 3.84. The fraction of sp³-hybridized carbons (Fsp3) is 0.462. The Labute approximate surface area is 135 Å². The highest BCUT2D eigenvalue weighted by atomic mass is 35.5. The SMILES string of the molecule is CC(C(=O)N1CC(=O)Nc2cnccc21)C1CNC1.Cl.Cl. The van der Waals surface area contributed by atoms with Gasteiger partial charge in [0.1, 0.15) is 6.54 Å². The van der Waals surface area contributed by atoms with Gasteiger partial charge in [-0.05, 0) is 25.1 Å². The summed E-state index contributed by atoms with van der Waals surface area (Å²) in [6.45, 7) is 3.76. The van der Waals surface area contributed by atoms with Gasteiger partial charge in [-0.25, -0.2) is 0 Å². The minimum absolute atomic E-state index is 0. The van der Waals surface area contributed by atoms with E-state index in [2.05, 4.69) is 15.6 Å². The third-order valence-electron chi connectivity index (χ3n) is 3.84. The van der Waals surface area contributed by atoms with Crippen molar-refractivity contribution in [1.29, 1.82) is 0 Å². The van der Waals surface area contributed by atoms with Crippen molar-refractivity contribution < 1.29 is 9.59 Å². The van der Waals surface area contributed by atoms with Crippen LogP contribution in [0.3, 0.4) is 0 Å². The molecule has 3 rings (SSSR count). The molecule has 2 aliphatic heterocycles. The fourth-order valence-electron chi connectivity index (χ4n) is 2.45. The van der Waals surface area contributed by atoms with Crippen LogP contribution in [-0.4, -0.2) is 36.4 Å². The summed E-state index contributed by atoms with van der Waals surface area (Å²) in [6.07, 6.45) is 3.20. The molecule has 2 amide bonds. The van der Waals surface area contributed by atoms with Crippen LogP contribution in [0.2, 0.25) is 0 Å². The molecule has 6 nitrogen and oxygen atoms in total. The van der Waals surface area contributed by atoms with Gasteiger partial charge in [0.15, 0.2) is 0 Å². The largest absolute Gasteiger partial charge is 0.321 e. The first-order valence-electron chi connectivity index (χ1n) is 6.43. The highest BCUT2D eigenvalue weighted by molar-refractivity contribution is 6.10. The summed E-state index contributed by atoms with van der Waals surface area (Å²) < 4.78 is 0. The van der Waals surface area contributed by atoms with E-state index in [9.17, 15) is 9.59 Å². The molecule has 1 saturated heterocycles. The molecule has 1 atom stereocenters. The Morgan fingerprint density at radius 1 is 1.43 bits per heavy atom. The van der Waals surface area contributed by atoms with Crippen molar-refractivity contribution in [2.24, 2.45) is 11.8 Å². The zero-order valence-electron chi connectivity index (χ0n) is 11.5. The average Bonchev–Trinajstić information content (AvgIpc) is 2.34. The predicted octanol–water partition coefficient (Wildman–Crippen LogP) is 1.07. The second-order valence-corrected chi connectivity index (χ2v) is 5.07. The molecule has 3 heterocycles. The number of hydrogen-bond donors (Lipinski definition) is 2. The molecule has 116 valence electrons. The minimum atomic E-state index is -0.173. The number of carbonyl (C=O) groups is 2. The number of carbonyl (C=O) groups excluding carboxylic acids is 2. The van der Waals surface area contributed by atoms with Gasteiger partial charge in [0, 0.05) is 12.1 Å². The lowest BCUT2D eigenvalue weighted by Crippen LogP contribution is -2.52. The molecule has 0 spiro atoms. The topological polar surface area (TPSA) is 74.3 Å². The summed E-state index contributed by atoms with van der Waals surface area (Å²) >= 11 is 0. The van der Waals surface area contributed by atoms with Gasteiger partial charge in [-0.15, -0.1) is 24.8 Å². The number of rotatable bonds is 2. The van der Waals surface area contributed by atoms with Crippen LogP contribution >= 0.6 is 24.8 Å². The molecule has 21 heavy (non-hydrogen) atoms. The van der Waals surface area contributed by atoms with E-state index in [1.54, 1.807) is 23.4 Å². The Hall–Kier alpha value is -1.37. The number of fused-ring (bicyclic) bond motifs is 1. The maximum atomic E-state index is 12.5. The van der Waals surface area contributed by atoms with Gasteiger partial charge in [-0.2, -0.15) is 0 Å². The molecule has 0 saturated carbocycles. The molecule has 2 N–H and O–H groups in total. The van der Waals surface area contributed by atoms with Crippen LogP contribution in [0.25, 0.3) is 0 Å². The number of nitrogens with zero attached hydrogens (tertiary/aromatic N) is 2. The Bertz CT molecular complexity index is 537. The predicted molar refractivity (Wildman–Crippen MR) is 85.2 cm³/mol. The number of amides is 2. The van der Waals surface area contributed by atoms with E-state index in [4.69, 9.17) is 0 Å². The van der Waals surface area contributed by atoms with Crippen molar-refractivity contribution in [2.75, 3.05) is 29.9 Å². The highest BCUT2D eigenvalue weighted by Gasteiger charge is 2.35. The maximum Gasteiger partial charge on any atom is 0.244 e. The molecule has 0 aliphatic carbocycles. The van der Waals surface area contributed by atoms with E-state index in [1.807, 2.05) is 6.92 Å². The second-order valence-electron chi connectivity index (χ2n) is 5.07. The molecule has 0 radical (unpaired) electrons. The molecule has 1 unspecified atom stereocenters. The Balaban J connectivity index is 0.00000110. The van der Waals surface area contributed by atoms with E-state index in [0.29, 0.717) is 11.6 Å². The molecular weight excluding hydrogens is 315 g/mol. The first-order chi connectivity index (χ1) is 9.16. The van der Waals surface area contributed by atoms with Crippen molar-refractivity contribution in [1.82, 2.24) is 10.3 Å². The molecule has 8 heteroatoms. The van der Waals surface area contributed by atoms with Gasteiger partial charge in [0.05, 0.1) is 17.6 Å². The van der Waals surface area contributed by atoms with Gasteiger partial charge >= 0.3 is 0 Å². The molecule has 1 aromatic heterocycles. The highest BCUT2D eigenvalue weighted by Crippen LogP contribution is 2.30. The van der Waals surface area contributed by atoms with Gasteiger partial charge in [0.25, 0.3) is 0 Å². The van der Waals surface area contributed by atoms with Crippen molar-refractivity contribution in [3.8, 4) is 0 Å². The van der Waals surface area contributed by atoms with Crippen LogP contribution < -0.4 is 15.5 Å². The number of nitrogens with one attached hydrogen (secondary N) is 2. The van der Waals surface area contributed by atoms with Crippen LogP contribution in [-0.2, 0) is 9.59 Å². The number of anilines is 2. The molecular formula is C13H18Cl2N4O2. The lowest BCUT2D eigenvalue weighted by Gasteiger charge is -2.36. The molecule has 1 aromatic rings. The third kappa shape index (κ3) is 3.28. The van der Waals surface area contributed by atoms with E-state index in [0.717, 1.165) is 18.8 Å². The quantitative estimate of drug-likeness (QED) is 0.849. The lowest BCUT2D eigenvalue weighted by molar-refractivity contribution is -0.126. The number of halogens is 2. The summed E-state index contributed by atoms with van der Waals surface area (Å²) in [7, 11) is 0. The monoisotopic (exact) mass is 332 g/mol. The number of pyridine rings is 1. The van der Waals surface area contributed by atoms with Crippen LogP contribution in [0.5, 0.6) is 0 Å². The fourth-order valence-corrected chi connectivity index (χ4v) is 2.45. The molecule has 1 fully saturated rings. The van der Waals surface area contributed by atoms with Crippen molar-refractivity contribution in [2.45, 2.75) is 6.92 Å². The maximum absolute atomic E-state index is 12.5. The summed E-state index contributed by atoms with van der Waals surface area (Å²) in [4.78, 5) is 29.7. The number of aromatic nitrogens is 1. The van der Waals surface area contributed by atoms with Crippen molar-refractivity contribution >= 4 is 48.0 Å². The molecule has 0 bridgehead atoms. The van der Waals surface area contributed by atoms with Crippen molar-refractivity contribution in [3.63, 3.8) is 0 Å². The Morgan fingerprint density at radius 2 is 2.14 bits per heavy atom. The van der Waals surface area contributed by atoms with Gasteiger partial charge in [0.2, 0.25) is 11.8 Å². The average molecular weight is 333 g/mol. The van der Waals surface area contributed by atoms with Gasteiger partial charge in [-0.1, -0.05) is 6.92 Å². The summed E-state index contributed by atoms with van der Waals surface area (Å²) in [5, 5.41) is 5.90. The Morgan fingerprint density at radius 3 is 2.76 bits per heavy atom. The van der Waals surface area contributed by atoms with Crippen molar-refractivity contribution in [3.05, 3.63) is 18.5 Å². The van der Waals surface area contributed by atoms with Gasteiger partial charge < -0.3 is 15.5 Å². The summed E-state index contributed by atoms with van der Waals surface area (Å²) in [6, 6.07) is 1.76. The first-order valence-corrected chi connectivity index (χ1v) is 6.43. The van der Waals surface area contributed by atoms with Crippen LogP contribution in [0.4, 0.5) is 11.4 Å². The van der Waals surface area contributed by atoms with E-state index in [-0.39, 0.29) is 49.1 Å². The number of hydrogen-bond acceptors (Lipinski definition) is 4. The zero-order chi connectivity index (χ0) is 13.4. The van der Waals surface area contributed by atoms with Gasteiger partial charge in [-0.3, -0.25) is 14.6 Å². The standard InChI is InChI=1S/C13H16N4O2.2ClH/c1-8(9-4-15-5-9)13(19)17-7-12(18)16-10-6-14-3-2-11(10)17;;/h2-3,6,8-9,15H,4-5,7H2,1H3,(H,16,18);2*1H. The van der Waals surface area contributed by atoms with E-state index in [1.165, 1.54) is 0 Å². The molecule has 0 aromatic carbocycles. The Kier molecular flexibility index (Phi) is 5.95. The van der Waals surface area contributed by atoms with E-state index < -0.39 is 0 Å². The first kappa shape index (κ1) is 17.7. The van der Waals surface area contributed by atoms with Crippen LogP contribution in [0.1, 0.15) is 6.92 Å².